The SMILES string of the molecule is C=C(/C=C1/N=C(n2ccc(-c3ccccc3)n2)C=C(N2CCOCC2)N1C)c1cc(C)n(C(=O)CCC)n1. The fraction of sp³-hybridized carbons (Fsp3) is 0.310. The molecule has 9 nitrogen and oxygen atoms in total. The predicted octanol–water partition coefficient (Wildman–Crippen LogP) is 4.42. The molecule has 196 valence electrons. The van der Waals surface area contributed by atoms with Gasteiger partial charge in [-0.15, -0.1) is 0 Å². The van der Waals surface area contributed by atoms with Crippen molar-refractivity contribution >= 4 is 17.3 Å². The molecular formula is C29H33N7O2. The second kappa shape index (κ2) is 11.0. The van der Waals surface area contributed by atoms with Crippen molar-refractivity contribution in [2.45, 2.75) is 26.7 Å². The topological polar surface area (TPSA) is 80.8 Å². The Kier molecular flexibility index (Phi) is 7.37. The van der Waals surface area contributed by atoms with E-state index in [0.717, 1.165) is 42.3 Å². The zero-order valence-electron chi connectivity index (χ0n) is 22.2. The van der Waals surface area contributed by atoms with Crippen LogP contribution in [0.5, 0.6) is 0 Å². The molecule has 0 amide bonds. The maximum absolute atomic E-state index is 12.5. The molecule has 2 aliphatic heterocycles. The van der Waals surface area contributed by atoms with Gasteiger partial charge < -0.3 is 14.5 Å². The first-order chi connectivity index (χ1) is 18.4. The maximum atomic E-state index is 12.5. The normalized spacial score (nSPS) is 17.0. The Morgan fingerprint density at radius 2 is 1.89 bits per heavy atom. The van der Waals surface area contributed by atoms with Gasteiger partial charge in [-0.05, 0) is 37.1 Å². The van der Waals surface area contributed by atoms with Crippen molar-refractivity contribution in [3.63, 3.8) is 0 Å². The van der Waals surface area contributed by atoms with Crippen LogP contribution in [-0.2, 0) is 4.74 Å². The lowest BCUT2D eigenvalue weighted by atomic mass is 10.2. The highest BCUT2D eigenvalue weighted by Crippen LogP contribution is 2.26. The van der Waals surface area contributed by atoms with Gasteiger partial charge in [-0.1, -0.05) is 43.8 Å². The van der Waals surface area contributed by atoms with Gasteiger partial charge in [-0.2, -0.15) is 10.2 Å². The molecule has 0 N–H and O–H groups in total. The highest BCUT2D eigenvalue weighted by atomic mass is 16.5. The minimum atomic E-state index is -0.0164. The lowest BCUT2D eigenvalue weighted by Crippen LogP contribution is -2.42. The molecule has 0 bridgehead atoms. The van der Waals surface area contributed by atoms with Gasteiger partial charge in [-0.25, -0.2) is 14.4 Å². The molecule has 2 aromatic heterocycles. The average Bonchev–Trinajstić information content (AvgIpc) is 3.58. The van der Waals surface area contributed by atoms with E-state index in [0.29, 0.717) is 42.6 Å². The first kappa shape index (κ1) is 25.4. The van der Waals surface area contributed by atoms with Gasteiger partial charge in [0.05, 0.1) is 24.6 Å². The minimum absolute atomic E-state index is 0.0164. The van der Waals surface area contributed by atoms with Gasteiger partial charge in [0.1, 0.15) is 11.6 Å². The third-order valence-electron chi connectivity index (χ3n) is 6.62. The van der Waals surface area contributed by atoms with Gasteiger partial charge in [0.15, 0.2) is 5.84 Å². The highest BCUT2D eigenvalue weighted by molar-refractivity contribution is 5.96. The second-order valence-electron chi connectivity index (χ2n) is 9.40. The molecule has 2 aliphatic rings. The number of aromatic nitrogens is 4. The van der Waals surface area contributed by atoms with Crippen LogP contribution in [0, 0.1) is 6.92 Å². The van der Waals surface area contributed by atoms with Gasteiger partial charge in [-0.3, -0.25) is 4.79 Å². The van der Waals surface area contributed by atoms with Crippen molar-refractivity contribution in [2.75, 3.05) is 33.4 Å². The zero-order valence-corrected chi connectivity index (χ0v) is 22.2. The molecule has 4 heterocycles. The quantitative estimate of drug-likeness (QED) is 0.488. The molecular weight excluding hydrogens is 478 g/mol. The maximum Gasteiger partial charge on any atom is 0.247 e. The highest BCUT2D eigenvalue weighted by Gasteiger charge is 2.25. The number of morpholine rings is 1. The number of nitrogens with zero attached hydrogens (tertiary/aromatic N) is 7. The van der Waals surface area contributed by atoms with E-state index in [4.69, 9.17) is 14.8 Å². The molecule has 1 fully saturated rings. The summed E-state index contributed by atoms with van der Waals surface area (Å²) in [6.45, 7) is 11.0. The van der Waals surface area contributed by atoms with Crippen LogP contribution in [0.4, 0.5) is 0 Å². The fourth-order valence-corrected chi connectivity index (χ4v) is 4.54. The molecule has 0 atom stereocenters. The minimum Gasteiger partial charge on any atom is -0.378 e. The van der Waals surface area contributed by atoms with Gasteiger partial charge in [0, 0.05) is 50.1 Å². The number of carbonyl (C=O) groups excluding carboxylic acids is 1. The summed E-state index contributed by atoms with van der Waals surface area (Å²) >= 11 is 0. The molecule has 1 saturated heterocycles. The Hall–Kier alpha value is -4.24. The summed E-state index contributed by atoms with van der Waals surface area (Å²) in [4.78, 5) is 21.7. The van der Waals surface area contributed by atoms with Crippen LogP contribution in [0.2, 0.25) is 0 Å². The van der Waals surface area contributed by atoms with E-state index in [1.807, 2.05) is 80.5 Å². The Labute approximate surface area is 223 Å². The summed E-state index contributed by atoms with van der Waals surface area (Å²) in [5.74, 6) is 2.40. The van der Waals surface area contributed by atoms with Crippen molar-refractivity contribution in [1.82, 2.24) is 29.4 Å². The number of rotatable bonds is 6. The van der Waals surface area contributed by atoms with E-state index in [-0.39, 0.29) is 5.91 Å². The van der Waals surface area contributed by atoms with Crippen LogP contribution in [0.15, 0.2) is 84.0 Å². The van der Waals surface area contributed by atoms with Crippen molar-refractivity contribution in [1.29, 1.82) is 0 Å². The number of benzene rings is 1. The number of carbonyl (C=O) groups is 1. The van der Waals surface area contributed by atoms with Gasteiger partial charge >= 0.3 is 0 Å². The van der Waals surface area contributed by atoms with Gasteiger partial charge in [0.2, 0.25) is 5.91 Å². The van der Waals surface area contributed by atoms with Crippen molar-refractivity contribution in [3.05, 3.63) is 90.4 Å². The molecule has 0 aliphatic carbocycles. The van der Waals surface area contributed by atoms with E-state index < -0.39 is 0 Å². The lowest BCUT2D eigenvalue weighted by Gasteiger charge is -2.37. The Balaban J connectivity index is 1.50. The van der Waals surface area contributed by atoms with E-state index in [1.54, 1.807) is 4.68 Å². The van der Waals surface area contributed by atoms with Crippen molar-refractivity contribution in [3.8, 4) is 11.3 Å². The summed E-state index contributed by atoms with van der Waals surface area (Å²) in [5.41, 5.74) is 4.04. The Bertz CT molecular complexity index is 1420. The Morgan fingerprint density at radius 1 is 1.13 bits per heavy atom. The summed E-state index contributed by atoms with van der Waals surface area (Å²) in [6.07, 6.45) is 7.11. The largest absolute Gasteiger partial charge is 0.378 e. The number of aliphatic imine (C=N–C) groups is 1. The van der Waals surface area contributed by atoms with E-state index in [2.05, 4.69) is 22.7 Å². The third kappa shape index (κ3) is 5.24. The number of allylic oxidation sites excluding steroid dienone is 3. The van der Waals surface area contributed by atoms with Crippen LogP contribution < -0.4 is 0 Å². The van der Waals surface area contributed by atoms with Gasteiger partial charge in [0.25, 0.3) is 0 Å². The molecule has 3 aromatic rings. The zero-order chi connectivity index (χ0) is 26.6. The smallest absolute Gasteiger partial charge is 0.247 e. The van der Waals surface area contributed by atoms with Crippen LogP contribution in [0.25, 0.3) is 16.8 Å². The molecule has 0 saturated carbocycles. The molecule has 9 heteroatoms. The van der Waals surface area contributed by atoms with Crippen LogP contribution in [0.3, 0.4) is 0 Å². The monoisotopic (exact) mass is 511 g/mol. The second-order valence-corrected chi connectivity index (χ2v) is 9.40. The van der Waals surface area contributed by atoms with Crippen molar-refractivity contribution < 1.29 is 9.53 Å². The Morgan fingerprint density at radius 3 is 2.63 bits per heavy atom. The van der Waals surface area contributed by atoms with Crippen LogP contribution in [-0.4, -0.2) is 74.5 Å². The summed E-state index contributed by atoms with van der Waals surface area (Å²) in [6, 6.07) is 14.0. The van der Waals surface area contributed by atoms with Crippen LogP contribution in [0.1, 0.15) is 35.9 Å². The standard InChI is InChI=1S/C29H33N7O2/c1-5-9-29(37)36-22(3)19-25(32-36)21(2)18-26-30-27(20-28(33(26)4)34-14-16-38-17-15-34)35-13-12-24(31-35)23-10-7-6-8-11-23/h6-8,10-13,18-20H,2,5,9,14-17H2,1,3-4H3/b26-18-. The lowest BCUT2D eigenvalue weighted by molar-refractivity contribution is 0.0426. The average molecular weight is 512 g/mol. The number of aryl methyl sites for hydroxylation is 1. The van der Waals surface area contributed by atoms with Crippen molar-refractivity contribution in [2.24, 2.45) is 4.99 Å². The van der Waals surface area contributed by atoms with E-state index in [9.17, 15) is 4.79 Å². The first-order valence-electron chi connectivity index (χ1n) is 12.9. The van der Waals surface area contributed by atoms with E-state index in [1.165, 1.54) is 4.68 Å². The molecule has 0 radical (unpaired) electrons. The predicted molar refractivity (Wildman–Crippen MR) is 148 cm³/mol. The summed E-state index contributed by atoms with van der Waals surface area (Å²) < 4.78 is 8.86. The fourth-order valence-electron chi connectivity index (χ4n) is 4.54. The molecule has 5 rings (SSSR count). The molecule has 38 heavy (non-hydrogen) atoms. The molecule has 0 unspecified atom stereocenters. The third-order valence-corrected chi connectivity index (χ3v) is 6.62. The summed E-state index contributed by atoms with van der Waals surface area (Å²) in [7, 11) is 1.99. The first-order valence-corrected chi connectivity index (χ1v) is 12.9. The summed E-state index contributed by atoms with van der Waals surface area (Å²) in [5, 5.41) is 9.35. The number of hydrogen-bond donors (Lipinski definition) is 0. The number of ether oxygens (including phenoxy) is 1. The molecule has 1 aromatic carbocycles. The number of hydrogen-bond acceptors (Lipinski definition) is 7. The van der Waals surface area contributed by atoms with Crippen LogP contribution >= 0.6 is 0 Å². The molecule has 0 spiro atoms. The van der Waals surface area contributed by atoms with E-state index >= 15 is 0 Å².